The van der Waals surface area contributed by atoms with Crippen molar-refractivity contribution in [2.24, 2.45) is 0 Å². The molecule has 3 heteroatoms. The van der Waals surface area contributed by atoms with Gasteiger partial charge in [0.15, 0.2) is 0 Å². The van der Waals surface area contributed by atoms with Gasteiger partial charge >= 0.3 is 0 Å². The Labute approximate surface area is 210 Å². The van der Waals surface area contributed by atoms with Gasteiger partial charge in [0.1, 0.15) is 5.76 Å². The highest BCUT2D eigenvalue weighted by Gasteiger charge is 2.19. The van der Waals surface area contributed by atoms with Gasteiger partial charge in [0.2, 0.25) is 0 Å². The predicted molar refractivity (Wildman–Crippen MR) is 149 cm³/mol. The van der Waals surface area contributed by atoms with Gasteiger partial charge in [0, 0.05) is 11.4 Å². The Morgan fingerprint density at radius 2 is 1.44 bits per heavy atom. The molecule has 3 aromatic rings. The third-order valence-corrected chi connectivity index (χ3v) is 7.06. The van der Waals surface area contributed by atoms with Crippen LogP contribution in [0.25, 0.3) is 5.70 Å². The first-order chi connectivity index (χ1) is 16.0. The van der Waals surface area contributed by atoms with Gasteiger partial charge in [-0.2, -0.15) is 0 Å². The zero-order valence-electron chi connectivity index (χ0n) is 21.8. The third-order valence-electron chi connectivity index (χ3n) is 6.03. The highest BCUT2D eigenvalue weighted by molar-refractivity contribution is 8.02. The largest absolute Gasteiger partial charge is 0.467 e. The van der Waals surface area contributed by atoms with Gasteiger partial charge in [-0.3, -0.25) is 0 Å². The first kappa shape index (κ1) is 26.0. The highest BCUT2D eigenvalue weighted by Crippen LogP contribution is 2.34. The molecule has 1 aromatic heterocycles. The molecule has 0 aliphatic carbocycles. The minimum atomic E-state index is 0.129. The van der Waals surface area contributed by atoms with Crippen LogP contribution in [0.3, 0.4) is 0 Å². The van der Waals surface area contributed by atoms with Gasteiger partial charge in [-0.25, -0.2) is 0 Å². The molecule has 1 heterocycles. The molecule has 0 N–H and O–H groups in total. The maximum atomic E-state index is 5.70. The Morgan fingerprint density at radius 3 is 1.91 bits per heavy atom. The molecule has 2 nitrogen and oxygen atoms in total. The number of hydrogen-bond acceptors (Lipinski definition) is 3. The quantitative estimate of drug-likeness (QED) is 0.324. The van der Waals surface area contributed by atoms with Crippen LogP contribution in [0.5, 0.6) is 0 Å². The van der Waals surface area contributed by atoms with E-state index in [1.165, 1.54) is 22.3 Å². The molecule has 0 amide bonds. The first-order valence-corrected chi connectivity index (χ1v) is 13.0. The van der Waals surface area contributed by atoms with Crippen LogP contribution in [-0.4, -0.2) is 4.90 Å². The zero-order chi connectivity index (χ0) is 24.9. The lowest BCUT2D eigenvalue weighted by Gasteiger charge is -2.29. The zero-order valence-corrected chi connectivity index (χ0v) is 22.6. The van der Waals surface area contributed by atoms with Crippen molar-refractivity contribution in [1.29, 1.82) is 0 Å². The fourth-order valence-electron chi connectivity index (χ4n) is 3.83. The van der Waals surface area contributed by atoms with E-state index in [1.54, 1.807) is 18.0 Å². The van der Waals surface area contributed by atoms with Crippen molar-refractivity contribution < 1.29 is 4.42 Å². The summed E-state index contributed by atoms with van der Waals surface area (Å²) < 4.78 is 5.70. The molecule has 34 heavy (non-hydrogen) atoms. The van der Waals surface area contributed by atoms with Crippen molar-refractivity contribution in [3.05, 3.63) is 113 Å². The molecule has 0 saturated heterocycles. The van der Waals surface area contributed by atoms with E-state index in [4.69, 9.17) is 4.42 Å². The number of benzene rings is 2. The molecule has 180 valence electrons. The second-order valence-electron chi connectivity index (χ2n) is 10.8. The Bertz CT molecular complexity index is 1090. The van der Waals surface area contributed by atoms with E-state index in [0.717, 1.165) is 22.2 Å². The molecule has 0 radical (unpaired) electrons. The van der Waals surface area contributed by atoms with Gasteiger partial charge in [-0.05, 0) is 52.1 Å². The van der Waals surface area contributed by atoms with E-state index >= 15 is 0 Å². The van der Waals surface area contributed by atoms with Crippen LogP contribution in [0.15, 0.2) is 89.0 Å². The van der Waals surface area contributed by atoms with E-state index in [9.17, 15) is 0 Å². The molecule has 0 aliphatic heterocycles. The lowest BCUT2D eigenvalue weighted by atomic mass is 9.86. The molecule has 2 aromatic carbocycles. The molecule has 0 spiro atoms. The second-order valence-corrected chi connectivity index (χ2v) is 11.8. The van der Waals surface area contributed by atoms with E-state index in [-0.39, 0.29) is 10.8 Å². The summed E-state index contributed by atoms with van der Waals surface area (Å²) >= 11 is 1.77. The molecule has 0 saturated carbocycles. The van der Waals surface area contributed by atoms with Crippen LogP contribution in [0.4, 0.5) is 0 Å². The van der Waals surface area contributed by atoms with Crippen LogP contribution >= 0.6 is 11.8 Å². The van der Waals surface area contributed by atoms with Gasteiger partial charge in [0.25, 0.3) is 0 Å². The van der Waals surface area contributed by atoms with E-state index in [0.29, 0.717) is 6.54 Å². The predicted octanol–water partition coefficient (Wildman–Crippen LogP) is 9.14. The van der Waals surface area contributed by atoms with Crippen molar-refractivity contribution in [3.8, 4) is 0 Å². The average Bonchev–Trinajstić information content (AvgIpc) is 3.30. The molecule has 0 bridgehead atoms. The Hall–Kier alpha value is -2.65. The maximum absolute atomic E-state index is 5.70. The Morgan fingerprint density at radius 1 is 0.882 bits per heavy atom. The van der Waals surface area contributed by atoms with E-state index in [1.807, 2.05) is 12.1 Å². The van der Waals surface area contributed by atoms with Crippen molar-refractivity contribution in [1.82, 2.24) is 4.90 Å². The van der Waals surface area contributed by atoms with Gasteiger partial charge in [-0.15, -0.1) is 11.8 Å². The normalized spacial score (nSPS) is 12.6. The summed E-state index contributed by atoms with van der Waals surface area (Å²) in [5, 5.41) is 1.00. The monoisotopic (exact) mass is 473 g/mol. The number of furan rings is 1. The number of thioether (sulfide) groups is 1. The first-order valence-electron chi connectivity index (χ1n) is 12.0. The number of rotatable bonds is 8. The SMILES string of the molecule is C=C(SCc1ccc(C(C)(C)C)cc1)N(Cc1ccco1)/C(=C\C)c1ccc(C(C)(C)C)cc1. The van der Waals surface area contributed by atoms with Crippen molar-refractivity contribution >= 4 is 17.5 Å². The molecular weight excluding hydrogens is 434 g/mol. The second kappa shape index (κ2) is 10.7. The number of hydrogen-bond donors (Lipinski definition) is 0. The van der Waals surface area contributed by atoms with Crippen LogP contribution in [0.1, 0.15) is 76.5 Å². The minimum absolute atomic E-state index is 0.129. The summed E-state index contributed by atoms with van der Waals surface area (Å²) in [5.41, 5.74) is 6.60. The van der Waals surface area contributed by atoms with E-state index < -0.39 is 0 Å². The van der Waals surface area contributed by atoms with Gasteiger partial charge in [-0.1, -0.05) is 103 Å². The minimum Gasteiger partial charge on any atom is -0.467 e. The highest BCUT2D eigenvalue weighted by atomic mass is 32.2. The lowest BCUT2D eigenvalue weighted by molar-refractivity contribution is 0.417. The summed E-state index contributed by atoms with van der Waals surface area (Å²) in [6, 6.07) is 21.8. The Kier molecular flexibility index (Phi) is 8.20. The van der Waals surface area contributed by atoms with Crippen LogP contribution in [0.2, 0.25) is 0 Å². The standard InChI is InChI=1S/C31H39NOS/c1-9-29(25-14-18-27(19-15-25)31(6,7)8)32(21-28-11-10-20-33-28)23(2)34-22-24-12-16-26(17-13-24)30(3,4)5/h9-20H,2,21-22H2,1,3-8H3/b29-9-. The van der Waals surface area contributed by atoms with Crippen LogP contribution in [0, 0.1) is 0 Å². The molecule has 0 atom stereocenters. The number of nitrogens with zero attached hydrogens (tertiary/aromatic N) is 1. The molecule has 0 unspecified atom stereocenters. The molecular formula is C31H39NOS. The maximum Gasteiger partial charge on any atom is 0.123 e. The molecule has 0 fully saturated rings. The fourth-order valence-corrected chi connectivity index (χ4v) is 4.68. The number of allylic oxidation sites excluding steroid dienone is 1. The Balaban J connectivity index is 1.81. The topological polar surface area (TPSA) is 16.4 Å². The summed E-state index contributed by atoms with van der Waals surface area (Å²) in [6.45, 7) is 20.7. The van der Waals surface area contributed by atoms with Crippen LogP contribution < -0.4 is 0 Å². The third kappa shape index (κ3) is 6.70. The van der Waals surface area contributed by atoms with Crippen LogP contribution in [-0.2, 0) is 23.1 Å². The summed E-state index contributed by atoms with van der Waals surface area (Å²) in [5.74, 6) is 1.79. The van der Waals surface area contributed by atoms with Crippen molar-refractivity contribution in [3.63, 3.8) is 0 Å². The van der Waals surface area contributed by atoms with Gasteiger partial charge < -0.3 is 9.32 Å². The summed E-state index contributed by atoms with van der Waals surface area (Å²) in [7, 11) is 0. The van der Waals surface area contributed by atoms with Gasteiger partial charge in [0.05, 0.1) is 17.8 Å². The van der Waals surface area contributed by atoms with E-state index in [2.05, 4.69) is 115 Å². The summed E-state index contributed by atoms with van der Waals surface area (Å²) in [6.07, 6.45) is 3.90. The molecule has 3 rings (SSSR count). The molecule has 0 aliphatic rings. The van der Waals surface area contributed by atoms with Crippen molar-refractivity contribution in [2.75, 3.05) is 0 Å². The lowest BCUT2D eigenvalue weighted by Crippen LogP contribution is -2.19. The average molecular weight is 474 g/mol. The fraction of sp³-hybridized carbons (Fsp3) is 0.355. The summed E-state index contributed by atoms with van der Waals surface area (Å²) in [4.78, 5) is 2.26. The smallest absolute Gasteiger partial charge is 0.123 e. The van der Waals surface area contributed by atoms with Crippen molar-refractivity contribution in [2.45, 2.75) is 71.6 Å².